The molecule has 1 aliphatic heterocycles. The highest BCUT2D eigenvalue weighted by molar-refractivity contribution is 6.30. The fourth-order valence-corrected chi connectivity index (χ4v) is 3.15. The molecular weight excluding hydrogens is 406 g/mol. The van der Waals surface area contributed by atoms with E-state index >= 15 is 0 Å². The third-order valence-corrected chi connectivity index (χ3v) is 4.91. The highest BCUT2D eigenvalue weighted by Crippen LogP contribution is 2.29. The monoisotopic (exact) mass is 424 g/mol. The molecule has 2 atom stereocenters. The summed E-state index contributed by atoms with van der Waals surface area (Å²) in [4.78, 5) is 25.8. The van der Waals surface area contributed by atoms with Gasteiger partial charge in [-0.3, -0.25) is 9.69 Å². The molecular formula is C20H19ClF2N2O4. The van der Waals surface area contributed by atoms with Gasteiger partial charge in [-0.25, -0.2) is 13.6 Å². The molecule has 2 aromatic carbocycles. The van der Waals surface area contributed by atoms with Crippen molar-refractivity contribution in [3.8, 4) is 0 Å². The van der Waals surface area contributed by atoms with Crippen molar-refractivity contribution in [3.05, 3.63) is 70.2 Å². The van der Waals surface area contributed by atoms with E-state index in [4.69, 9.17) is 16.3 Å². The number of aliphatic hydroxyl groups excluding tert-OH is 1. The number of nitrogens with one attached hydrogen (secondary N) is 1. The van der Waals surface area contributed by atoms with Crippen LogP contribution >= 0.6 is 11.6 Å². The van der Waals surface area contributed by atoms with Crippen LogP contribution in [0, 0.1) is 11.6 Å². The van der Waals surface area contributed by atoms with Gasteiger partial charge in [0.2, 0.25) is 0 Å². The lowest BCUT2D eigenvalue weighted by atomic mass is 9.92. The number of carbonyl (C=O) groups is 2. The molecule has 0 radical (unpaired) electrons. The van der Waals surface area contributed by atoms with Gasteiger partial charge in [0.05, 0.1) is 25.9 Å². The van der Waals surface area contributed by atoms with E-state index in [-0.39, 0.29) is 25.3 Å². The van der Waals surface area contributed by atoms with Gasteiger partial charge in [0.1, 0.15) is 5.54 Å². The van der Waals surface area contributed by atoms with Gasteiger partial charge in [-0.2, -0.15) is 0 Å². The number of hydrogen-bond donors (Lipinski definition) is 2. The Morgan fingerprint density at radius 1 is 1.17 bits per heavy atom. The van der Waals surface area contributed by atoms with Crippen LogP contribution in [0.15, 0.2) is 42.5 Å². The second-order valence-corrected chi connectivity index (χ2v) is 7.33. The second-order valence-electron chi connectivity index (χ2n) is 6.90. The molecule has 9 heteroatoms. The zero-order valence-corrected chi connectivity index (χ0v) is 16.2. The van der Waals surface area contributed by atoms with E-state index in [0.717, 1.165) is 22.6 Å². The lowest BCUT2D eigenvalue weighted by molar-refractivity contribution is -0.132. The van der Waals surface area contributed by atoms with Crippen molar-refractivity contribution in [3.63, 3.8) is 0 Å². The lowest BCUT2D eigenvalue weighted by Gasteiger charge is -2.23. The highest BCUT2D eigenvalue weighted by atomic mass is 35.5. The first-order chi connectivity index (χ1) is 13.7. The smallest absolute Gasteiger partial charge is 0.325 e. The summed E-state index contributed by atoms with van der Waals surface area (Å²) in [5.41, 5.74) is -0.608. The summed E-state index contributed by atoms with van der Waals surface area (Å²) in [6, 6.07) is 9.22. The Balaban J connectivity index is 1.60. The molecule has 1 aliphatic rings. The van der Waals surface area contributed by atoms with E-state index < -0.39 is 35.2 Å². The summed E-state index contributed by atoms with van der Waals surface area (Å²) < 4.78 is 32.2. The zero-order valence-electron chi connectivity index (χ0n) is 15.5. The predicted octanol–water partition coefficient (Wildman–Crippen LogP) is 2.96. The van der Waals surface area contributed by atoms with Gasteiger partial charge in [-0.15, -0.1) is 0 Å². The molecule has 1 fully saturated rings. The third kappa shape index (κ3) is 4.55. The van der Waals surface area contributed by atoms with Crippen LogP contribution in [0.25, 0.3) is 0 Å². The van der Waals surface area contributed by atoms with Crippen LogP contribution in [0.4, 0.5) is 13.6 Å². The summed E-state index contributed by atoms with van der Waals surface area (Å²) in [6.45, 7) is 1.20. The molecule has 0 unspecified atom stereocenters. The van der Waals surface area contributed by atoms with Crippen LogP contribution < -0.4 is 5.32 Å². The molecule has 3 rings (SSSR count). The van der Waals surface area contributed by atoms with Crippen LogP contribution in [0.1, 0.15) is 18.1 Å². The van der Waals surface area contributed by atoms with Gasteiger partial charge in [-0.1, -0.05) is 29.8 Å². The van der Waals surface area contributed by atoms with Gasteiger partial charge < -0.3 is 15.2 Å². The summed E-state index contributed by atoms with van der Waals surface area (Å²) in [5, 5.41) is 13.2. The Kier molecular flexibility index (Phi) is 6.16. The van der Waals surface area contributed by atoms with Gasteiger partial charge in [0.25, 0.3) is 5.91 Å². The molecule has 0 bridgehead atoms. The molecule has 2 N–H and O–H groups in total. The van der Waals surface area contributed by atoms with Crippen molar-refractivity contribution in [2.75, 3.05) is 13.2 Å². The van der Waals surface area contributed by atoms with Crippen molar-refractivity contribution in [2.45, 2.75) is 25.2 Å². The fraction of sp³-hybridized carbons (Fsp3) is 0.300. The van der Waals surface area contributed by atoms with Gasteiger partial charge in [0.15, 0.2) is 11.6 Å². The highest BCUT2D eigenvalue weighted by Gasteiger charge is 2.49. The lowest BCUT2D eigenvalue weighted by Crippen LogP contribution is -2.42. The number of urea groups is 1. The maximum absolute atomic E-state index is 13.6. The average molecular weight is 425 g/mol. The topological polar surface area (TPSA) is 78.9 Å². The maximum Gasteiger partial charge on any atom is 0.325 e. The molecule has 0 spiro atoms. The van der Waals surface area contributed by atoms with Crippen molar-refractivity contribution in [2.24, 2.45) is 0 Å². The maximum atomic E-state index is 13.6. The molecule has 0 aromatic heterocycles. The summed E-state index contributed by atoms with van der Waals surface area (Å²) in [6.07, 6.45) is -1.12. The molecule has 154 valence electrons. The van der Waals surface area contributed by atoms with E-state index in [2.05, 4.69) is 5.32 Å². The normalized spacial score (nSPS) is 20.1. The molecule has 0 saturated carbocycles. The van der Waals surface area contributed by atoms with E-state index in [9.17, 15) is 23.5 Å². The molecule has 1 saturated heterocycles. The Morgan fingerprint density at radius 2 is 1.86 bits per heavy atom. The Morgan fingerprint density at radius 3 is 2.52 bits per heavy atom. The van der Waals surface area contributed by atoms with Gasteiger partial charge in [-0.05, 0) is 42.3 Å². The van der Waals surface area contributed by atoms with Crippen LogP contribution in [-0.2, 0) is 21.7 Å². The average Bonchev–Trinajstić information content (AvgIpc) is 2.89. The summed E-state index contributed by atoms with van der Waals surface area (Å²) in [5.74, 6) is -2.86. The first-order valence-electron chi connectivity index (χ1n) is 8.80. The van der Waals surface area contributed by atoms with Crippen LogP contribution in [0.3, 0.4) is 0 Å². The van der Waals surface area contributed by atoms with E-state index in [1.54, 1.807) is 24.3 Å². The minimum absolute atomic E-state index is 0.103. The summed E-state index contributed by atoms with van der Waals surface area (Å²) in [7, 11) is 0. The molecule has 2 aromatic rings. The van der Waals surface area contributed by atoms with Crippen LogP contribution in [-0.4, -0.2) is 41.2 Å². The number of imide groups is 1. The summed E-state index contributed by atoms with van der Waals surface area (Å²) >= 11 is 5.81. The standard InChI is InChI=1S/C20H19ClF2N2O4/c1-20(13-4-7-16(22)17(23)8-13)18(27)25(19(28)24-20)9-15(26)11-29-10-12-2-5-14(21)6-3-12/h2-8,15,26H,9-11H2,1H3,(H,24,28)/t15-,20+/m1/s1. The minimum atomic E-state index is -1.56. The minimum Gasteiger partial charge on any atom is -0.389 e. The fourth-order valence-electron chi connectivity index (χ4n) is 3.02. The van der Waals surface area contributed by atoms with Crippen molar-refractivity contribution in [1.82, 2.24) is 10.2 Å². The van der Waals surface area contributed by atoms with Gasteiger partial charge >= 0.3 is 6.03 Å². The number of aliphatic hydroxyl groups is 1. The Labute approximate surface area is 171 Å². The van der Waals surface area contributed by atoms with Crippen molar-refractivity contribution < 1.29 is 28.2 Å². The van der Waals surface area contributed by atoms with Crippen molar-refractivity contribution in [1.29, 1.82) is 0 Å². The van der Waals surface area contributed by atoms with E-state index in [0.29, 0.717) is 5.02 Å². The second kappa shape index (κ2) is 8.44. The number of amides is 3. The van der Waals surface area contributed by atoms with Crippen LogP contribution in [0.5, 0.6) is 0 Å². The quantitative estimate of drug-likeness (QED) is 0.670. The Hall–Kier alpha value is -2.55. The molecule has 0 aliphatic carbocycles. The molecule has 29 heavy (non-hydrogen) atoms. The van der Waals surface area contributed by atoms with Crippen molar-refractivity contribution >= 4 is 23.5 Å². The number of ether oxygens (including phenoxy) is 1. The Bertz CT molecular complexity index is 925. The number of nitrogens with zero attached hydrogens (tertiary/aromatic N) is 1. The number of carbonyl (C=O) groups excluding carboxylic acids is 2. The third-order valence-electron chi connectivity index (χ3n) is 4.66. The van der Waals surface area contributed by atoms with Crippen LogP contribution in [0.2, 0.25) is 5.02 Å². The number of benzene rings is 2. The number of halogens is 3. The molecule has 3 amide bonds. The van der Waals surface area contributed by atoms with Gasteiger partial charge in [0, 0.05) is 5.02 Å². The van der Waals surface area contributed by atoms with E-state index in [1.807, 2.05) is 0 Å². The SMILES string of the molecule is C[C@@]1(c2ccc(F)c(F)c2)NC(=O)N(C[C@@H](O)COCc2ccc(Cl)cc2)C1=O. The first kappa shape index (κ1) is 21.2. The number of rotatable bonds is 7. The largest absolute Gasteiger partial charge is 0.389 e. The molecule has 6 nitrogen and oxygen atoms in total. The molecule has 1 heterocycles. The number of β-amino-alcohol motifs (C(OH)–C–C–N with tert-alkyl or cyclic N) is 1. The number of hydrogen-bond acceptors (Lipinski definition) is 4. The first-order valence-corrected chi connectivity index (χ1v) is 9.18. The predicted molar refractivity (Wildman–Crippen MR) is 101 cm³/mol. The van der Waals surface area contributed by atoms with E-state index in [1.165, 1.54) is 13.0 Å². The zero-order chi connectivity index (χ0) is 21.2.